The summed E-state index contributed by atoms with van der Waals surface area (Å²) in [6, 6.07) is 0.0378. The Morgan fingerprint density at radius 3 is 2.70 bits per heavy atom. The number of imidazole rings is 1. The molecule has 2 heterocycles. The summed E-state index contributed by atoms with van der Waals surface area (Å²) in [6.07, 6.45) is 3.37. The van der Waals surface area contributed by atoms with E-state index in [9.17, 15) is 10.2 Å². The quantitative estimate of drug-likeness (QED) is 0.596. The van der Waals surface area contributed by atoms with Crippen molar-refractivity contribution in [3.63, 3.8) is 0 Å². The van der Waals surface area contributed by atoms with Crippen molar-refractivity contribution >= 4 is 22.9 Å². The van der Waals surface area contributed by atoms with E-state index in [1.165, 1.54) is 0 Å². The third-order valence-electron chi connectivity index (χ3n) is 4.20. The largest absolute Gasteiger partial charge is 0.396 e. The monoisotopic (exact) mass is 278 g/mol. The van der Waals surface area contributed by atoms with E-state index in [4.69, 9.17) is 11.5 Å². The molecule has 0 bridgehead atoms. The van der Waals surface area contributed by atoms with Crippen LogP contribution in [0.5, 0.6) is 0 Å². The van der Waals surface area contributed by atoms with Crippen LogP contribution in [0, 0.1) is 11.8 Å². The predicted molar refractivity (Wildman–Crippen MR) is 73.6 cm³/mol. The molecule has 1 aliphatic rings. The zero-order valence-electron chi connectivity index (χ0n) is 11.0. The van der Waals surface area contributed by atoms with Crippen molar-refractivity contribution in [2.24, 2.45) is 11.8 Å². The van der Waals surface area contributed by atoms with E-state index in [-0.39, 0.29) is 42.9 Å². The minimum Gasteiger partial charge on any atom is -0.396 e. The Morgan fingerprint density at radius 2 is 2.00 bits per heavy atom. The highest BCUT2D eigenvalue weighted by Crippen LogP contribution is 2.41. The van der Waals surface area contributed by atoms with Crippen molar-refractivity contribution in [3.8, 4) is 0 Å². The second kappa shape index (κ2) is 4.88. The maximum absolute atomic E-state index is 9.59. The van der Waals surface area contributed by atoms with Crippen LogP contribution in [0.15, 0.2) is 6.33 Å². The first-order valence-corrected chi connectivity index (χ1v) is 6.63. The zero-order chi connectivity index (χ0) is 14.3. The molecule has 0 saturated heterocycles. The Hall–Kier alpha value is -1.93. The molecule has 0 spiro atoms. The predicted octanol–water partition coefficient (Wildman–Crippen LogP) is -0.457. The number of hydrogen-bond donors (Lipinski definition) is 4. The molecular weight excluding hydrogens is 260 g/mol. The molecule has 20 heavy (non-hydrogen) atoms. The summed E-state index contributed by atoms with van der Waals surface area (Å²) in [7, 11) is 0. The van der Waals surface area contributed by atoms with Gasteiger partial charge in [0.15, 0.2) is 11.5 Å². The zero-order valence-corrected chi connectivity index (χ0v) is 11.0. The van der Waals surface area contributed by atoms with Crippen LogP contribution in [0.2, 0.25) is 0 Å². The number of aromatic nitrogens is 4. The third-order valence-corrected chi connectivity index (χ3v) is 4.20. The highest BCUT2D eigenvalue weighted by atomic mass is 16.3. The van der Waals surface area contributed by atoms with E-state index in [1.807, 2.05) is 4.57 Å². The van der Waals surface area contributed by atoms with E-state index in [1.54, 1.807) is 6.33 Å². The van der Waals surface area contributed by atoms with Crippen LogP contribution < -0.4 is 11.5 Å². The van der Waals surface area contributed by atoms with Crippen LogP contribution in [0.25, 0.3) is 11.2 Å². The normalized spacial score (nSPS) is 26.4. The van der Waals surface area contributed by atoms with Gasteiger partial charge in [-0.15, -0.1) is 0 Å². The first-order valence-electron chi connectivity index (χ1n) is 6.63. The number of anilines is 2. The van der Waals surface area contributed by atoms with Crippen LogP contribution in [0.3, 0.4) is 0 Å². The number of aliphatic hydroxyl groups is 2. The third kappa shape index (κ3) is 1.88. The molecule has 108 valence electrons. The van der Waals surface area contributed by atoms with Gasteiger partial charge in [-0.1, -0.05) is 0 Å². The molecule has 8 heteroatoms. The van der Waals surface area contributed by atoms with Crippen molar-refractivity contribution in [1.29, 1.82) is 0 Å². The Labute approximate surface area is 115 Å². The summed E-state index contributed by atoms with van der Waals surface area (Å²) < 4.78 is 1.89. The molecule has 0 aliphatic heterocycles. The van der Waals surface area contributed by atoms with Crippen LogP contribution in [0.1, 0.15) is 18.9 Å². The molecule has 0 aromatic carbocycles. The molecular formula is C12H18N6O2. The molecule has 1 aliphatic carbocycles. The van der Waals surface area contributed by atoms with E-state index < -0.39 is 0 Å². The van der Waals surface area contributed by atoms with Crippen LogP contribution in [-0.4, -0.2) is 42.9 Å². The molecule has 3 rings (SSSR count). The Bertz CT molecular complexity index is 628. The van der Waals surface area contributed by atoms with Gasteiger partial charge in [0, 0.05) is 25.2 Å². The smallest absolute Gasteiger partial charge is 0.224 e. The summed E-state index contributed by atoms with van der Waals surface area (Å²) in [5.74, 6) is 0.436. The summed E-state index contributed by atoms with van der Waals surface area (Å²) in [6.45, 7) is 0.0965. The molecule has 0 amide bonds. The summed E-state index contributed by atoms with van der Waals surface area (Å²) >= 11 is 0. The molecule has 1 fully saturated rings. The van der Waals surface area contributed by atoms with E-state index in [0.717, 1.165) is 12.8 Å². The Kier molecular flexibility index (Phi) is 3.19. The van der Waals surface area contributed by atoms with Gasteiger partial charge in [0.2, 0.25) is 5.95 Å². The molecule has 2 aromatic heterocycles. The average Bonchev–Trinajstić information content (AvgIpc) is 3.00. The second-order valence-electron chi connectivity index (χ2n) is 5.22. The fourth-order valence-corrected chi connectivity index (χ4v) is 3.17. The molecule has 8 nitrogen and oxygen atoms in total. The molecule has 3 unspecified atom stereocenters. The lowest BCUT2D eigenvalue weighted by atomic mass is 9.95. The lowest BCUT2D eigenvalue weighted by Gasteiger charge is -2.23. The van der Waals surface area contributed by atoms with Crippen LogP contribution in [-0.2, 0) is 0 Å². The lowest BCUT2D eigenvalue weighted by Crippen LogP contribution is -2.24. The fourth-order valence-electron chi connectivity index (χ4n) is 3.17. The highest BCUT2D eigenvalue weighted by Gasteiger charge is 2.37. The number of rotatable bonds is 3. The van der Waals surface area contributed by atoms with Gasteiger partial charge in [-0.2, -0.15) is 9.97 Å². The van der Waals surface area contributed by atoms with Crippen LogP contribution in [0.4, 0.5) is 11.8 Å². The minimum absolute atomic E-state index is 0.0187. The molecule has 6 N–H and O–H groups in total. The van der Waals surface area contributed by atoms with Crippen LogP contribution >= 0.6 is 0 Å². The highest BCUT2D eigenvalue weighted by molar-refractivity contribution is 5.82. The molecule has 0 radical (unpaired) electrons. The number of nitrogens with two attached hydrogens (primary N) is 2. The Balaban J connectivity index is 2.06. The van der Waals surface area contributed by atoms with Crippen molar-refractivity contribution in [1.82, 2.24) is 19.5 Å². The number of hydrogen-bond acceptors (Lipinski definition) is 7. The lowest BCUT2D eigenvalue weighted by molar-refractivity contribution is 0.121. The number of nitrogen functional groups attached to an aromatic ring is 2. The molecule has 2 aromatic rings. The summed E-state index contributed by atoms with van der Waals surface area (Å²) in [4.78, 5) is 12.3. The van der Waals surface area contributed by atoms with Gasteiger partial charge in [0.05, 0.1) is 6.33 Å². The summed E-state index contributed by atoms with van der Waals surface area (Å²) in [5, 5.41) is 19.0. The van der Waals surface area contributed by atoms with E-state index in [0.29, 0.717) is 11.2 Å². The summed E-state index contributed by atoms with van der Waals surface area (Å²) in [5.41, 5.74) is 12.5. The first-order chi connectivity index (χ1) is 9.65. The second-order valence-corrected chi connectivity index (χ2v) is 5.22. The number of aliphatic hydroxyl groups excluding tert-OH is 2. The van der Waals surface area contributed by atoms with Gasteiger partial charge in [-0.05, 0) is 18.8 Å². The van der Waals surface area contributed by atoms with Gasteiger partial charge < -0.3 is 26.2 Å². The SMILES string of the molecule is Nc1nc(N)c2ncn(C3CCC(CO)C3CO)c2n1. The molecule has 3 atom stereocenters. The standard InChI is InChI=1S/C12H18N6O2/c13-10-9-11(17-12(14)16-10)18(5-15-9)8-2-1-6(3-19)7(8)4-20/h5-8,19-20H,1-4H2,(H4,13,14,16,17). The van der Waals surface area contributed by atoms with Crippen molar-refractivity contribution in [3.05, 3.63) is 6.33 Å². The number of fused-ring (bicyclic) bond motifs is 1. The van der Waals surface area contributed by atoms with Gasteiger partial charge >= 0.3 is 0 Å². The van der Waals surface area contributed by atoms with Gasteiger partial charge in [0.1, 0.15) is 5.52 Å². The topological polar surface area (TPSA) is 136 Å². The maximum atomic E-state index is 9.59. The minimum atomic E-state index is -0.0187. The Morgan fingerprint density at radius 1 is 1.20 bits per heavy atom. The van der Waals surface area contributed by atoms with Crippen molar-refractivity contribution < 1.29 is 10.2 Å². The van der Waals surface area contributed by atoms with Gasteiger partial charge in [-0.3, -0.25) is 0 Å². The average molecular weight is 278 g/mol. The molecule has 1 saturated carbocycles. The fraction of sp³-hybridized carbons (Fsp3) is 0.583. The van der Waals surface area contributed by atoms with Crippen molar-refractivity contribution in [2.45, 2.75) is 18.9 Å². The van der Waals surface area contributed by atoms with Crippen molar-refractivity contribution in [2.75, 3.05) is 24.7 Å². The van der Waals surface area contributed by atoms with E-state index >= 15 is 0 Å². The number of nitrogens with zero attached hydrogens (tertiary/aromatic N) is 4. The van der Waals surface area contributed by atoms with Gasteiger partial charge in [-0.25, -0.2) is 4.98 Å². The van der Waals surface area contributed by atoms with E-state index in [2.05, 4.69) is 15.0 Å². The first kappa shape index (κ1) is 13.1. The maximum Gasteiger partial charge on any atom is 0.224 e. The van der Waals surface area contributed by atoms with Gasteiger partial charge in [0.25, 0.3) is 0 Å².